The Hall–Kier alpha value is -7.54. The first-order valence-corrected chi connectivity index (χ1v) is 22.7. The van der Waals surface area contributed by atoms with Gasteiger partial charge in [0.05, 0.1) is 0 Å². The molecular weight excluding hydrogens is 769 g/mol. The molecule has 0 aliphatic heterocycles. The van der Waals surface area contributed by atoms with E-state index in [-0.39, 0.29) is 10.8 Å². The van der Waals surface area contributed by atoms with E-state index in [0.717, 1.165) is 0 Å². The lowest BCUT2D eigenvalue weighted by atomic mass is 9.80. The van der Waals surface area contributed by atoms with E-state index in [4.69, 9.17) is 0 Å². The summed E-state index contributed by atoms with van der Waals surface area (Å²) >= 11 is 0. The molecule has 2 aliphatic carbocycles. The SMILES string of the molecule is CC1(C)c2ccccc2-c2cc(-c3c4ccccc4c(-c4ccc5cc(-c6cccc7ccccc67)ccc5c4)c4ccc(-c5ccc6c(c5)C(C)(C)c5ccccc5-6)cc34)ccc21. The zero-order valence-electron chi connectivity index (χ0n) is 36.6. The maximum Gasteiger partial charge on any atom is 0.0159 e. The summed E-state index contributed by atoms with van der Waals surface area (Å²) in [6.07, 6.45) is 0. The molecule has 0 saturated heterocycles. The Morgan fingerprint density at radius 1 is 0.234 bits per heavy atom. The molecule has 0 atom stereocenters. The molecule has 2 aliphatic rings. The highest BCUT2D eigenvalue weighted by Crippen LogP contribution is 2.53. The summed E-state index contributed by atoms with van der Waals surface area (Å²) in [5.74, 6) is 0. The Morgan fingerprint density at radius 3 is 1.47 bits per heavy atom. The van der Waals surface area contributed by atoms with Crippen molar-refractivity contribution in [3.63, 3.8) is 0 Å². The van der Waals surface area contributed by atoms with E-state index in [1.54, 1.807) is 0 Å². The van der Waals surface area contributed by atoms with Crippen LogP contribution in [0.5, 0.6) is 0 Å². The molecular formula is C64H46. The van der Waals surface area contributed by atoms with Crippen LogP contribution in [0.4, 0.5) is 0 Å². The fourth-order valence-corrected chi connectivity index (χ4v) is 11.8. The number of hydrogen-bond donors (Lipinski definition) is 0. The van der Waals surface area contributed by atoms with Gasteiger partial charge in [-0.1, -0.05) is 204 Å². The highest BCUT2D eigenvalue weighted by atomic mass is 14.4. The molecule has 0 saturated carbocycles. The predicted octanol–water partition coefficient (Wildman–Crippen LogP) is 17.6. The topological polar surface area (TPSA) is 0 Å². The second-order valence-corrected chi connectivity index (χ2v) is 19.2. The van der Waals surface area contributed by atoms with Crippen molar-refractivity contribution in [2.24, 2.45) is 0 Å². The molecule has 0 amide bonds. The first-order valence-electron chi connectivity index (χ1n) is 22.7. The largest absolute Gasteiger partial charge is 0.0619 e. The van der Waals surface area contributed by atoms with Crippen LogP contribution in [0.25, 0.3) is 110 Å². The Bertz CT molecular complexity index is 3770. The van der Waals surface area contributed by atoms with E-state index in [2.05, 4.69) is 234 Å². The van der Waals surface area contributed by atoms with Crippen LogP contribution in [0, 0.1) is 0 Å². The zero-order chi connectivity index (χ0) is 42.9. The van der Waals surface area contributed by atoms with Crippen molar-refractivity contribution in [2.75, 3.05) is 0 Å². The van der Waals surface area contributed by atoms with Gasteiger partial charge in [0, 0.05) is 10.8 Å². The van der Waals surface area contributed by atoms with Crippen molar-refractivity contribution in [3.8, 4) is 66.8 Å². The Balaban J connectivity index is 1.04. The van der Waals surface area contributed by atoms with Crippen molar-refractivity contribution in [1.82, 2.24) is 0 Å². The summed E-state index contributed by atoms with van der Waals surface area (Å²) in [5.41, 5.74) is 20.9. The first kappa shape index (κ1) is 37.1. The van der Waals surface area contributed by atoms with Crippen LogP contribution in [-0.2, 0) is 10.8 Å². The van der Waals surface area contributed by atoms with Crippen LogP contribution in [0.3, 0.4) is 0 Å². The van der Waals surface area contributed by atoms with Crippen LogP contribution in [0.1, 0.15) is 49.9 Å². The number of benzene rings is 11. The van der Waals surface area contributed by atoms with E-state index in [1.165, 1.54) is 132 Å². The molecule has 0 fully saturated rings. The molecule has 0 aromatic heterocycles. The Morgan fingerprint density at radius 2 is 0.703 bits per heavy atom. The van der Waals surface area contributed by atoms with E-state index < -0.39 is 0 Å². The average Bonchev–Trinajstić information content (AvgIpc) is 3.71. The third kappa shape index (κ3) is 5.29. The van der Waals surface area contributed by atoms with Crippen molar-refractivity contribution >= 4 is 43.1 Å². The Labute approximate surface area is 375 Å². The van der Waals surface area contributed by atoms with Crippen molar-refractivity contribution in [3.05, 3.63) is 229 Å². The van der Waals surface area contributed by atoms with Crippen LogP contribution < -0.4 is 0 Å². The highest BCUT2D eigenvalue weighted by Gasteiger charge is 2.36. The third-order valence-corrected chi connectivity index (χ3v) is 15.0. The molecule has 0 N–H and O–H groups in total. The summed E-state index contributed by atoms with van der Waals surface area (Å²) in [7, 11) is 0. The molecule has 0 heterocycles. The van der Waals surface area contributed by atoms with Crippen LogP contribution in [-0.4, -0.2) is 0 Å². The second kappa shape index (κ2) is 13.5. The predicted molar refractivity (Wildman–Crippen MR) is 273 cm³/mol. The molecule has 0 heteroatoms. The summed E-state index contributed by atoms with van der Waals surface area (Å²) in [5, 5.41) is 10.1. The zero-order valence-corrected chi connectivity index (χ0v) is 36.6. The van der Waals surface area contributed by atoms with Gasteiger partial charge in [0.25, 0.3) is 0 Å². The molecule has 0 spiro atoms. The molecule has 64 heavy (non-hydrogen) atoms. The van der Waals surface area contributed by atoms with Crippen LogP contribution in [0.2, 0.25) is 0 Å². The summed E-state index contributed by atoms with van der Waals surface area (Å²) < 4.78 is 0. The molecule has 0 nitrogen and oxygen atoms in total. The fraction of sp³-hybridized carbons (Fsp3) is 0.0938. The summed E-state index contributed by atoms with van der Waals surface area (Å²) in [6, 6.07) is 78.0. The lowest BCUT2D eigenvalue weighted by molar-refractivity contribution is 0.660. The Kier molecular flexibility index (Phi) is 7.80. The van der Waals surface area contributed by atoms with Gasteiger partial charge in [0.2, 0.25) is 0 Å². The first-order chi connectivity index (χ1) is 31.2. The standard InChI is InChI=1S/C64H46/c1-63(2)58-23-12-10-18-50(58)55-37-46(30-33-59(55)63)62-53-20-8-7-19-52(53)61(45-27-25-40-34-44(26-24-41(40)35-45)48-21-13-15-39-14-5-6-16-47(39)48)54-32-29-42(36-56(54)62)43-28-31-51-49-17-9-11-22-57(49)64(3,4)60(51)38-43/h5-38H,1-4H3. The van der Waals surface area contributed by atoms with E-state index in [9.17, 15) is 0 Å². The number of fused-ring (bicyclic) bond motifs is 10. The minimum Gasteiger partial charge on any atom is -0.0619 e. The number of hydrogen-bond acceptors (Lipinski definition) is 0. The van der Waals surface area contributed by atoms with Crippen LogP contribution in [0.15, 0.2) is 206 Å². The smallest absolute Gasteiger partial charge is 0.0159 e. The maximum absolute atomic E-state index is 2.49. The van der Waals surface area contributed by atoms with Gasteiger partial charge in [-0.3, -0.25) is 0 Å². The van der Waals surface area contributed by atoms with Crippen LogP contribution >= 0.6 is 0 Å². The molecule has 13 rings (SSSR count). The van der Waals surface area contributed by atoms with Gasteiger partial charge >= 0.3 is 0 Å². The van der Waals surface area contributed by atoms with Gasteiger partial charge in [0.15, 0.2) is 0 Å². The maximum atomic E-state index is 2.49. The summed E-state index contributed by atoms with van der Waals surface area (Å²) in [6.45, 7) is 9.49. The minimum absolute atomic E-state index is 0.0572. The van der Waals surface area contributed by atoms with Gasteiger partial charge in [0.1, 0.15) is 0 Å². The lowest BCUT2D eigenvalue weighted by Gasteiger charge is -2.23. The molecule has 11 aromatic rings. The third-order valence-electron chi connectivity index (χ3n) is 15.0. The van der Waals surface area contributed by atoms with Gasteiger partial charge in [-0.15, -0.1) is 0 Å². The average molecular weight is 815 g/mol. The van der Waals surface area contributed by atoms with E-state index >= 15 is 0 Å². The van der Waals surface area contributed by atoms with E-state index in [0.29, 0.717) is 0 Å². The quantitative estimate of drug-likeness (QED) is 0.155. The van der Waals surface area contributed by atoms with Crippen molar-refractivity contribution in [2.45, 2.75) is 38.5 Å². The van der Waals surface area contributed by atoms with Crippen molar-refractivity contribution in [1.29, 1.82) is 0 Å². The fourth-order valence-electron chi connectivity index (χ4n) is 11.8. The monoisotopic (exact) mass is 814 g/mol. The summed E-state index contributed by atoms with van der Waals surface area (Å²) in [4.78, 5) is 0. The molecule has 302 valence electrons. The minimum atomic E-state index is -0.0759. The lowest BCUT2D eigenvalue weighted by Crippen LogP contribution is -2.14. The highest BCUT2D eigenvalue weighted by molar-refractivity contribution is 6.22. The number of rotatable bonds is 4. The molecule has 0 bridgehead atoms. The van der Waals surface area contributed by atoms with Gasteiger partial charge in [-0.05, 0) is 162 Å². The molecule has 11 aromatic carbocycles. The second-order valence-electron chi connectivity index (χ2n) is 19.2. The normalized spacial score (nSPS) is 14.2. The van der Waals surface area contributed by atoms with E-state index in [1.807, 2.05) is 0 Å². The molecule has 0 unspecified atom stereocenters. The van der Waals surface area contributed by atoms with Gasteiger partial charge in [-0.25, -0.2) is 0 Å². The molecule has 0 radical (unpaired) electrons. The van der Waals surface area contributed by atoms with Gasteiger partial charge < -0.3 is 0 Å². The van der Waals surface area contributed by atoms with Gasteiger partial charge in [-0.2, -0.15) is 0 Å². The van der Waals surface area contributed by atoms with Crippen molar-refractivity contribution < 1.29 is 0 Å².